The summed E-state index contributed by atoms with van der Waals surface area (Å²) in [6, 6.07) is 15.4. The normalized spacial score (nSPS) is 12.1. The average molecular weight is 470 g/mol. The van der Waals surface area contributed by atoms with Crippen molar-refractivity contribution in [2.45, 2.75) is 24.9 Å². The Bertz CT molecular complexity index is 1310. The van der Waals surface area contributed by atoms with E-state index in [1.54, 1.807) is 44.2 Å². The zero-order chi connectivity index (χ0) is 24.3. The van der Waals surface area contributed by atoms with Gasteiger partial charge in [-0.1, -0.05) is 18.2 Å². The number of aliphatic carboxylic acids is 1. The van der Waals surface area contributed by atoms with Gasteiger partial charge in [0.15, 0.2) is 9.84 Å². The summed E-state index contributed by atoms with van der Waals surface area (Å²) < 4.78 is 24.5. The third-order valence-electron chi connectivity index (χ3n) is 5.07. The molecule has 0 bridgehead atoms. The molecule has 3 rings (SSSR count). The van der Waals surface area contributed by atoms with Crippen LogP contribution < -0.4 is 10.6 Å². The molecule has 1 atom stereocenters. The fourth-order valence-electron chi connectivity index (χ4n) is 3.42. The predicted octanol–water partition coefficient (Wildman–Crippen LogP) is 2.77. The van der Waals surface area contributed by atoms with Crippen molar-refractivity contribution in [2.75, 3.05) is 11.6 Å². The summed E-state index contributed by atoms with van der Waals surface area (Å²) in [5.41, 5.74) is 1.72. The summed E-state index contributed by atoms with van der Waals surface area (Å²) >= 11 is 0. The van der Waals surface area contributed by atoms with E-state index >= 15 is 0 Å². The SMILES string of the molecule is Cc1cc(C(=O)Nc2ccc(S(C)(=O)=O)cc2)c(C)n1C(NC(=O)c1ccccc1)C(=O)O. The van der Waals surface area contributed by atoms with Gasteiger partial charge in [-0.15, -0.1) is 0 Å². The van der Waals surface area contributed by atoms with E-state index in [1.165, 1.54) is 34.9 Å². The number of hydrogen-bond acceptors (Lipinski definition) is 5. The summed E-state index contributed by atoms with van der Waals surface area (Å²) in [5, 5.41) is 14.9. The molecular weight excluding hydrogens is 446 g/mol. The number of carbonyl (C=O) groups excluding carboxylic acids is 2. The van der Waals surface area contributed by atoms with Crippen LogP contribution >= 0.6 is 0 Å². The molecule has 1 aromatic heterocycles. The minimum atomic E-state index is -3.36. The molecule has 0 aliphatic rings. The van der Waals surface area contributed by atoms with Crippen LogP contribution in [0.3, 0.4) is 0 Å². The third kappa shape index (κ3) is 5.29. The highest BCUT2D eigenvalue weighted by Gasteiger charge is 2.28. The standard InChI is InChI=1S/C23H23N3O6S/c1-14-13-19(22(28)24-17-9-11-18(12-10-17)33(3,31)32)15(2)26(14)20(23(29)30)25-21(27)16-7-5-4-6-8-16/h4-13,20H,1-3H3,(H,24,28)(H,25,27)(H,29,30). The van der Waals surface area contributed by atoms with Crippen molar-refractivity contribution in [3.63, 3.8) is 0 Å². The Kier molecular flexibility index (Phi) is 6.68. The first-order valence-corrected chi connectivity index (χ1v) is 11.8. The number of rotatable bonds is 7. The van der Waals surface area contributed by atoms with E-state index in [1.807, 2.05) is 0 Å². The molecule has 0 radical (unpaired) electrons. The molecule has 9 nitrogen and oxygen atoms in total. The number of benzene rings is 2. The molecule has 3 aromatic rings. The van der Waals surface area contributed by atoms with Crippen LogP contribution in [0.15, 0.2) is 65.6 Å². The molecule has 0 aliphatic carbocycles. The van der Waals surface area contributed by atoms with Crippen molar-refractivity contribution in [3.05, 3.63) is 83.2 Å². The molecule has 10 heteroatoms. The first-order valence-electron chi connectivity index (χ1n) is 9.87. The predicted molar refractivity (Wildman–Crippen MR) is 122 cm³/mol. The van der Waals surface area contributed by atoms with E-state index in [2.05, 4.69) is 10.6 Å². The molecule has 2 aromatic carbocycles. The lowest BCUT2D eigenvalue weighted by molar-refractivity contribution is -0.141. The van der Waals surface area contributed by atoms with Gasteiger partial charge in [0.05, 0.1) is 10.5 Å². The average Bonchev–Trinajstić information content (AvgIpc) is 3.06. The van der Waals surface area contributed by atoms with Crippen LogP contribution in [0.4, 0.5) is 5.69 Å². The van der Waals surface area contributed by atoms with Crippen molar-refractivity contribution < 1.29 is 27.9 Å². The third-order valence-corrected chi connectivity index (χ3v) is 6.19. The fraction of sp³-hybridized carbons (Fsp3) is 0.174. The van der Waals surface area contributed by atoms with Crippen LogP contribution in [0.5, 0.6) is 0 Å². The number of amides is 2. The first-order chi connectivity index (χ1) is 15.5. The van der Waals surface area contributed by atoms with E-state index < -0.39 is 33.8 Å². The quantitative estimate of drug-likeness (QED) is 0.487. The van der Waals surface area contributed by atoms with Crippen molar-refractivity contribution in [2.24, 2.45) is 0 Å². The lowest BCUT2D eigenvalue weighted by Crippen LogP contribution is -2.38. The minimum Gasteiger partial charge on any atom is -0.478 e. The molecule has 172 valence electrons. The van der Waals surface area contributed by atoms with Crippen molar-refractivity contribution in [3.8, 4) is 0 Å². The molecule has 3 N–H and O–H groups in total. The number of carbonyl (C=O) groups is 3. The van der Waals surface area contributed by atoms with E-state index in [-0.39, 0.29) is 10.5 Å². The van der Waals surface area contributed by atoms with Gasteiger partial charge in [0.1, 0.15) is 0 Å². The fourth-order valence-corrected chi connectivity index (χ4v) is 4.05. The van der Waals surface area contributed by atoms with Crippen LogP contribution in [-0.4, -0.2) is 42.1 Å². The van der Waals surface area contributed by atoms with Gasteiger partial charge in [-0.2, -0.15) is 0 Å². The lowest BCUT2D eigenvalue weighted by Gasteiger charge is -2.20. The number of hydrogen-bond donors (Lipinski definition) is 3. The Balaban J connectivity index is 1.86. The van der Waals surface area contributed by atoms with Gasteiger partial charge in [-0.3, -0.25) is 9.59 Å². The van der Waals surface area contributed by atoms with Gasteiger partial charge in [0.2, 0.25) is 6.17 Å². The highest BCUT2D eigenvalue weighted by atomic mass is 32.2. The van der Waals surface area contributed by atoms with Crippen LogP contribution in [-0.2, 0) is 14.6 Å². The van der Waals surface area contributed by atoms with E-state index in [0.717, 1.165) is 6.26 Å². The van der Waals surface area contributed by atoms with Crippen LogP contribution in [0, 0.1) is 13.8 Å². The summed E-state index contributed by atoms with van der Waals surface area (Å²) in [6.07, 6.45) is -0.335. The van der Waals surface area contributed by atoms with Crippen molar-refractivity contribution in [1.82, 2.24) is 9.88 Å². The maximum atomic E-state index is 12.8. The van der Waals surface area contributed by atoms with Gasteiger partial charge in [0.25, 0.3) is 11.8 Å². The monoisotopic (exact) mass is 469 g/mol. The second kappa shape index (κ2) is 9.29. The molecule has 2 amide bonds. The number of carboxylic acid groups (broad SMARTS) is 1. The van der Waals surface area contributed by atoms with Gasteiger partial charge in [0, 0.05) is 28.9 Å². The van der Waals surface area contributed by atoms with E-state index in [4.69, 9.17) is 0 Å². The topological polar surface area (TPSA) is 135 Å². The number of anilines is 1. The summed E-state index contributed by atoms with van der Waals surface area (Å²) in [7, 11) is -3.36. The van der Waals surface area contributed by atoms with Crippen LogP contribution in [0.1, 0.15) is 38.3 Å². The van der Waals surface area contributed by atoms with Gasteiger partial charge in [-0.05, 0) is 56.3 Å². The van der Waals surface area contributed by atoms with E-state index in [0.29, 0.717) is 22.6 Å². The number of nitrogens with zero attached hydrogens (tertiary/aromatic N) is 1. The molecule has 0 saturated heterocycles. The maximum Gasteiger partial charge on any atom is 0.347 e. The van der Waals surface area contributed by atoms with Crippen molar-refractivity contribution >= 4 is 33.3 Å². The molecule has 1 heterocycles. The Hall–Kier alpha value is -3.92. The Morgan fingerprint density at radius 1 is 0.939 bits per heavy atom. The molecular formula is C23H23N3O6S. The smallest absolute Gasteiger partial charge is 0.347 e. The molecule has 0 aliphatic heterocycles. The molecule has 1 unspecified atom stereocenters. The molecule has 0 saturated carbocycles. The Morgan fingerprint density at radius 2 is 1.55 bits per heavy atom. The van der Waals surface area contributed by atoms with E-state index in [9.17, 15) is 27.9 Å². The highest BCUT2D eigenvalue weighted by molar-refractivity contribution is 7.90. The number of carboxylic acids is 1. The number of aromatic nitrogens is 1. The second-order valence-electron chi connectivity index (χ2n) is 7.49. The zero-order valence-electron chi connectivity index (χ0n) is 18.2. The Morgan fingerprint density at radius 3 is 2.09 bits per heavy atom. The second-order valence-corrected chi connectivity index (χ2v) is 9.50. The largest absolute Gasteiger partial charge is 0.478 e. The van der Waals surface area contributed by atoms with Crippen LogP contribution in [0.25, 0.3) is 0 Å². The molecule has 33 heavy (non-hydrogen) atoms. The van der Waals surface area contributed by atoms with Crippen LogP contribution in [0.2, 0.25) is 0 Å². The first kappa shape index (κ1) is 23.7. The summed E-state index contributed by atoms with van der Waals surface area (Å²) in [6.45, 7) is 3.22. The minimum absolute atomic E-state index is 0.122. The summed E-state index contributed by atoms with van der Waals surface area (Å²) in [5.74, 6) is -2.35. The lowest BCUT2D eigenvalue weighted by atomic mass is 10.2. The number of nitrogens with one attached hydrogen (secondary N) is 2. The van der Waals surface area contributed by atoms with Crippen molar-refractivity contribution in [1.29, 1.82) is 0 Å². The van der Waals surface area contributed by atoms with Gasteiger partial charge in [-0.25, -0.2) is 13.2 Å². The highest BCUT2D eigenvalue weighted by Crippen LogP contribution is 2.22. The van der Waals surface area contributed by atoms with Gasteiger partial charge >= 0.3 is 5.97 Å². The number of sulfone groups is 1. The number of aryl methyl sites for hydroxylation is 1. The zero-order valence-corrected chi connectivity index (χ0v) is 19.0. The van der Waals surface area contributed by atoms with Gasteiger partial charge < -0.3 is 20.3 Å². The maximum absolute atomic E-state index is 12.8. The molecule has 0 fully saturated rings. The Labute approximate surface area is 191 Å². The summed E-state index contributed by atoms with van der Waals surface area (Å²) in [4.78, 5) is 37.5. The molecule has 0 spiro atoms.